The van der Waals surface area contributed by atoms with Crippen molar-refractivity contribution in [2.24, 2.45) is 17.8 Å². The lowest BCUT2D eigenvalue weighted by Crippen LogP contribution is -2.19. The van der Waals surface area contributed by atoms with Crippen LogP contribution in [0.1, 0.15) is 33.6 Å². The number of rotatable bonds is 0. The molecule has 0 aromatic carbocycles. The van der Waals surface area contributed by atoms with E-state index in [1.54, 1.807) is 0 Å². The maximum absolute atomic E-state index is 4.11. The second-order valence-corrected chi connectivity index (χ2v) is 3.95. The molecule has 2 atom stereocenters. The SMILES string of the molecule is C=C1[C@H](C)CC(C)C[C@H]1C. The molecule has 0 spiro atoms. The summed E-state index contributed by atoms with van der Waals surface area (Å²) in [5, 5.41) is 0. The Morgan fingerprint density at radius 1 is 1.10 bits per heavy atom. The van der Waals surface area contributed by atoms with Crippen LogP contribution in [0.5, 0.6) is 0 Å². The molecule has 0 aromatic heterocycles. The summed E-state index contributed by atoms with van der Waals surface area (Å²) in [4.78, 5) is 0. The summed E-state index contributed by atoms with van der Waals surface area (Å²) in [5.74, 6) is 2.44. The van der Waals surface area contributed by atoms with Gasteiger partial charge in [-0.15, -0.1) is 0 Å². The zero-order valence-corrected chi connectivity index (χ0v) is 7.35. The van der Waals surface area contributed by atoms with Crippen molar-refractivity contribution in [3.8, 4) is 0 Å². The van der Waals surface area contributed by atoms with Crippen LogP contribution < -0.4 is 0 Å². The van der Waals surface area contributed by atoms with E-state index in [-0.39, 0.29) is 0 Å². The molecular weight excluding hydrogens is 120 g/mol. The normalized spacial score (nSPS) is 41.9. The minimum atomic E-state index is 0.763. The van der Waals surface area contributed by atoms with Crippen LogP contribution in [-0.2, 0) is 0 Å². The van der Waals surface area contributed by atoms with E-state index in [2.05, 4.69) is 27.4 Å². The van der Waals surface area contributed by atoms with Crippen LogP contribution in [0.15, 0.2) is 12.2 Å². The molecule has 0 amide bonds. The number of hydrogen-bond donors (Lipinski definition) is 0. The molecule has 0 unspecified atom stereocenters. The minimum Gasteiger partial charge on any atom is -0.0993 e. The van der Waals surface area contributed by atoms with Crippen molar-refractivity contribution in [1.29, 1.82) is 0 Å². The van der Waals surface area contributed by atoms with Crippen molar-refractivity contribution in [1.82, 2.24) is 0 Å². The zero-order valence-electron chi connectivity index (χ0n) is 7.35. The molecule has 1 aliphatic rings. The first-order chi connectivity index (χ1) is 4.61. The molecular formula is C10H18. The van der Waals surface area contributed by atoms with Gasteiger partial charge in [-0.3, -0.25) is 0 Å². The Morgan fingerprint density at radius 3 is 1.90 bits per heavy atom. The Bertz CT molecular complexity index is 121. The van der Waals surface area contributed by atoms with Gasteiger partial charge in [0.25, 0.3) is 0 Å². The summed E-state index contributed by atoms with van der Waals surface area (Å²) < 4.78 is 0. The quantitative estimate of drug-likeness (QED) is 0.451. The summed E-state index contributed by atoms with van der Waals surface area (Å²) in [7, 11) is 0. The van der Waals surface area contributed by atoms with Crippen LogP contribution in [0.25, 0.3) is 0 Å². The third kappa shape index (κ3) is 1.42. The molecule has 0 radical (unpaired) electrons. The Kier molecular flexibility index (Phi) is 2.18. The van der Waals surface area contributed by atoms with Gasteiger partial charge >= 0.3 is 0 Å². The third-order valence-corrected chi connectivity index (χ3v) is 2.78. The van der Waals surface area contributed by atoms with Gasteiger partial charge in [-0.1, -0.05) is 32.9 Å². The molecule has 1 aliphatic carbocycles. The topological polar surface area (TPSA) is 0 Å². The van der Waals surface area contributed by atoms with Gasteiger partial charge in [-0.05, 0) is 30.6 Å². The molecule has 0 saturated heterocycles. The summed E-state index contributed by atoms with van der Waals surface area (Å²) >= 11 is 0. The average Bonchev–Trinajstić information content (AvgIpc) is 1.82. The first-order valence-electron chi connectivity index (χ1n) is 4.30. The monoisotopic (exact) mass is 138 g/mol. The van der Waals surface area contributed by atoms with Gasteiger partial charge in [0.2, 0.25) is 0 Å². The molecule has 58 valence electrons. The third-order valence-electron chi connectivity index (χ3n) is 2.78. The molecule has 0 nitrogen and oxygen atoms in total. The molecule has 1 rings (SSSR count). The molecule has 0 aromatic rings. The predicted octanol–water partition coefficient (Wildman–Crippen LogP) is 3.24. The van der Waals surface area contributed by atoms with Gasteiger partial charge in [-0.2, -0.15) is 0 Å². The first-order valence-corrected chi connectivity index (χ1v) is 4.30. The Labute approximate surface area is 64.3 Å². The molecule has 0 N–H and O–H groups in total. The van der Waals surface area contributed by atoms with Crippen molar-refractivity contribution in [2.45, 2.75) is 33.6 Å². The van der Waals surface area contributed by atoms with Crippen molar-refractivity contribution in [2.75, 3.05) is 0 Å². The van der Waals surface area contributed by atoms with Crippen LogP contribution in [0.2, 0.25) is 0 Å². The largest absolute Gasteiger partial charge is 0.0993 e. The Balaban J connectivity index is 2.57. The van der Waals surface area contributed by atoms with Gasteiger partial charge < -0.3 is 0 Å². The summed E-state index contributed by atoms with van der Waals surface area (Å²) in [6, 6.07) is 0. The van der Waals surface area contributed by atoms with E-state index in [1.807, 2.05) is 0 Å². The predicted molar refractivity (Wildman–Crippen MR) is 45.9 cm³/mol. The van der Waals surface area contributed by atoms with Gasteiger partial charge in [-0.25, -0.2) is 0 Å². The lowest BCUT2D eigenvalue weighted by molar-refractivity contribution is 0.312. The highest BCUT2D eigenvalue weighted by molar-refractivity contribution is 5.06. The van der Waals surface area contributed by atoms with Crippen LogP contribution in [-0.4, -0.2) is 0 Å². The van der Waals surface area contributed by atoms with E-state index in [4.69, 9.17) is 0 Å². The smallest absolute Gasteiger partial charge is 0.0229 e. The van der Waals surface area contributed by atoms with E-state index in [0.29, 0.717) is 0 Å². The average molecular weight is 138 g/mol. The van der Waals surface area contributed by atoms with Crippen LogP contribution in [0.4, 0.5) is 0 Å². The van der Waals surface area contributed by atoms with Gasteiger partial charge in [0.1, 0.15) is 0 Å². The first kappa shape index (κ1) is 7.84. The molecule has 1 saturated carbocycles. The lowest BCUT2D eigenvalue weighted by atomic mass is 9.74. The van der Waals surface area contributed by atoms with Crippen molar-refractivity contribution >= 4 is 0 Å². The Hall–Kier alpha value is -0.260. The van der Waals surface area contributed by atoms with E-state index < -0.39 is 0 Å². The summed E-state index contributed by atoms with van der Waals surface area (Å²) in [6.45, 7) is 11.1. The Morgan fingerprint density at radius 2 is 1.50 bits per heavy atom. The molecule has 0 bridgehead atoms. The summed E-state index contributed by atoms with van der Waals surface area (Å²) in [6.07, 6.45) is 2.70. The van der Waals surface area contributed by atoms with E-state index >= 15 is 0 Å². The van der Waals surface area contributed by atoms with E-state index in [9.17, 15) is 0 Å². The van der Waals surface area contributed by atoms with Crippen molar-refractivity contribution in [3.63, 3.8) is 0 Å². The highest BCUT2D eigenvalue weighted by Gasteiger charge is 2.23. The van der Waals surface area contributed by atoms with Crippen LogP contribution in [0.3, 0.4) is 0 Å². The van der Waals surface area contributed by atoms with Gasteiger partial charge in [0.05, 0.1) is 0 Å². The fourth-order valence-corrected chi connectivity index (χ4v) is 2.09. The van der Waals surface area contributed by atoms with Crippen LogP contribution >= 0.6 is 0 Å². The second-order valence-electron chi connectivity index (χ2n) is 3.95. The maximum atomic E-state index is 4.11. The standard InChI is InChI=1S/C10H18/c1-7-5-8(2)10(4)9(3)6-7/h7-9H,4-6H2,1-3H3/t8-,9-/m1/s1. The number of allylic oxidation sites excluding steroid dienone is 1. The van der Waals surface area contributed by atoms with Gasteiger partial charge in [0.15, 0.2) is 0 Å². The fraction of sp³-hybridized carbons (Fsp3) is 0.800. The fourth-order valence-electron chi connectivity index (χ4n) is 2.09. The zero-order chi connectivity index (χ0) is 7.72. The van der Waals surface area contributed by atoms with Crippen LogP contribution in [0, 0.1) is 17.8 Å². The molecule has 1 fully saturated rings. The van der Waals surface area contributed by atoms with E-state index in [0.717, 1.165) is 17.8 Å². The maximum Gasteiger partial charge on any atom is -0.0229 e. The highest BCUT2D eigenvalue weighted by Crippen LogP contribution is 2.35. The van der Waals surface area contributed by atoms with Gasteiger partial charge in [0, 0.05) is 0 Å². The second kappa shape index (κ2) is 2.77. The van der Waals surface area contributed by atoms with E-state index in [1.165, 1.54) is 18.4 Å². The molecule has 0 heteroatoms. The highest BCUT2D eigenvalue weighted by atomic mass is 14.3. The lowest BCUT2D eigenvalue weighted by Gasteiger charge is -2.31. The molecule has 0 heterocycles. The molecule has 10 heavy (non-hydrogen) atoms. The van der Waals surface area contributed by atoms with Crippen molar-refractivity contribution in [3.05, 3.63) is 12.2 Å². The minimum absolute atomic E-state index is 0.763. The van der Waals surface area contributed by atoms with Crippen molar-refractivity contribution < 1.29 is 0 Å². The summed E-state index contributed by atoms with van der Waals surface area (Å²) in [5.41, 5.74) is 1.47. The number of hydrogen-bond acceptors (Lipinski definition) is 0. The molecule has 0 aliphatic heterocycles.